The molecule has 2 amide bonds. The maximum atomic E-state index is 12.3. The Kier molecular flexibility index (Phi) is 4.73. The lowest BCUT2D eigenvalue weighted by molar-refractivity contribution is -0.139. The molecule has 1 atom stereocenters. The Morgan fingerprint density at radius 2 is 1.95 bits per heavy atom. The van der Waals surface area contributed by atoms with Crippen LogP contribution in [0.4, 0.5) is 4.79 Å². The average Bonchev–Trinajstić information content (AvgIpc) is 2.40. The molecule has 1 heterocycles. The number of benzene rings is 1. The van der Waals surface area contributed by atoms with Crippen molar-refractivity contribution in [2.24, 2.45) is 5.92 Å². The zero-order valence-electron chi connectivity index (χ0n) is 12.1. The molecule has 0 saturated carbocycles. The number of hydrogen-bond donors (Lipinski definition) is 1. The van der Waals surface area contributed by atoms with Gasteiger partial charge in [0, 0.05) is 31.1 Å². The second-order valence-corrected chi connectivity index (χ2v) is 5.93. The van der Waals surface area contributed by atoms with Crippen molar-refractivity contribution in [1.29, 1.82) is 0 Å². The first-order valence-corrected chi connectivity index (χ1v) is 7.25. The van der Waals surface area contributed by atoms with Gasteiger partial charge in [0.15, 0.2) is 0 Å². The van der Waals surface area contributed by atoms with Crippen LogP contribution >= 0.6 is 11.6 Å². The summed E-state index contributed by atoms with van der Waals surface area (Å²) in [6, 6.07) is 7.28. The van der Waals surface area contributed by atoms with E-state index in [-0.39, 0.29) is 24.4 Å². The summed E-state index contributed by atoms with van der Waals surface area (Å²) < 4.78 is 0. The normalized spacial score (nSPS) is 16.2. The third-order valence-electron chi connectivity index (χ3n) is 3.93. The Morgan fingerprint density at radius 3 is 2.48 bits per heavy atom. The highest BCUT2D eigenvalue weighted by atomic mass is 35.5. The van der Waals surface area contributed by atoms with E-state index in [1.165, 1.54) is 0 Å². The molecule has 1 aromatic rings. The standard InChI is InChI=1S/C15H19ClN2O3/c1-10(12-3-5-13(16)6-4-12)17(2)15(21)18-8-11(9-18)7-14(19)20/h3-6,10-11H,7-9H2,1-2H3,(H,19,20). The molecule has 1 aliphatic heterocycles. The summed E-state index contributed by atoms with van der Waals surface area (Å²) in [4.78, 5) is 26.3. The Morgan fingerprint density at radius 1 is 1.38 bits per heavy atom. The fourth-order valence-electron chi connectivity index (χ4n) is 2.46. The Bertz CT molecular complexity index is 526. The molecule has 5 nitrogen and oxygen atoms in total. The molecule has 114 valence electrons. The van der Waals surface area contributed by atoms with E-state index in [0.29, 0.717) is 18.1 Å². The number of carboxylic acid groups (broad SMARTS) is 1. The summed E-state index contributed by atoms with van der Waals surface area (Å²) in [5.74, 6) is -0.735. The van der Waals surface area contributed by atoms with Gasteiger partial charge in [0.05, 0.1) is 12.5 Å². The lowest BCUT2D eigenvalue weighted by Gasteiger charge is -2.42. The number of amides is 2. The molecule has 0 spiro atoms. The van der Waals surface area contributed by atoms with Gasteiger partial charge in [0.25, 0.3) is 0 Å². The molecule has 1 aromatic carbocycles. The second-order valence-electron chi connectivity index (χ2n) is 5.49. The molecule has 1 N–H and O–H groups in total. The van der Waals surface area contributed by atoms with E-state index in [9.17, 15) is 9.59 Å². The lowest BCUT2D eigenvalue weighted by atomic mass is 9.97. The van der Waals surface area contributed by atoms with Crippen molar-refractivity contribution < 1.29 is 14.7 Å². The van der Waals surface area contributed by atoms with E-state index in [1.54, 1.807) is 29.0 Å². The first-order chi connectivity index (χ1) is 9.88. The van der Waals surface area contributed by atoms with Gasteiger partial charge < -0.3 is 14.9 Å². The molecule has 0 aromatic heterocycles. The van der Waals surface area contributed by atoms with Gasteiger partial charge in [-0.3, -0.25) is 4.79 Å². The van der Waals surface area contributed by atoms with Crippen LogP contribution in [0.2, 0.25) is 5.02 Å². The number of rotatable bonds is 4. The highest BCUT2D eigenvalue weighted by Crippen LogP contribution is 2.25. The van der Waals surface area contributed by atoms with Gasteiger partial charge in [-0.2, -0.15) is 0 Å². The van der Waals surface area contributed by atoms with Crippen molar-refractivity contribution in [2.45, 2.75) is 19.4 Å². The predicted octanol–water partition coefficient (Wildman–Crippen LogP) is 2.86. The number of aliphatic carboxylic acids is 1. The highest BCUT2D eigenvalue weighted by molar-refractivity contribution is 6.30. The van der Waals surface area contributed by atoms with Crippen LogP contribution in [0.25, 0.3) is 0 Å². The maximum Gasteiger partial charge on any atom is 0.320 e. The molecular formula is C15H19ClN2O3. The van der Waals surface area contributed by atoms with Crippen LogP contribution in [-0.2, 0) is 4.79 Å². The minimum absolute atomic E-state index is 0.0618. The molecule has 1 aliphatic rings. The fraction of sp³-hybridized carbons (Fsp3) is 0.467. The van der Waals surface area contributed by atoms with Crippen LogP contribution in [0, 0.1) is 5.92 Å². The van der Waals surface area contributed by atoms with Crippen molar-refractivity contribution in [1.82, 2.24) is 9.80 Å². The quantitative estimate of drug-likeness (QED) is 0.930. The van der Waals surface area contributed by atoms with Gasteiger partial charge in [-0.15, -0.1) is 0 Å². The number of hydrogen-bond acceptors (Lipinski definition) is 2. The van der Waals surface area contributed by atoms with E-state index >= 15 is 0 Å². The van der Waals surface area contributed by atoms with E-state index in [4.69, 9.17) is 16.7 Å². The van der Waals surface area contributed by atoms with Crippen molar-refractivity contribution in [3.05, 3.63) is 34.9 Å². The minimum atomic E-state index is -0.810. The summed E-state index contributed by atoms with van der Waals surface area (Å²) in [6.45, 7) is 2.99. The number of carboxylic acids is 1. The molecule has 0 bridgehead atoms. The molecular weight excluding hydrogens is 292 g/mol. The van der Waals surface area contributed by atoms with Crippen LogP contribution in [0.3, 0.4) is 0 Å². The molecule has 1 saturated heterocycles. The van der Waals surface area contributed by atoms with Crippen molar-refractivity contribution in [3.63, 3.8) is 0 Å². The molecule has 0 radical (unpaired) electrons. The van der Waals surface area contributed by atoms with Gasteiger partial charge in [-0.05, 0) is 24.6 Å². The summed E-state index contributed by atoms with van der Waals surface area (Å²) in [7, 11) is 1.76. The highest BCUT2D eigenvalue weighted by Gasteiger charge is 2.34. The summed E-state index contributed by atoms with van der Waals surface area (Å²) >= 11 is 5.86. The summed E-state index contributed by atoms with van der Waals surface area (Å²) in [6.07, 6.45) is 0.125. The molecule has 2 rings (SSSR count). The van der Waals surface area contributed by atoms with E-state index in [0.717, 1.165) is 5.56 Å². The number of urea groups is 1. The molecule has 21 heavy (non-hydrogen) atoms. The van der Waals surface area contributed by atoms with Gasteiger partial charge in [0.1, 0.15) is 0 Å². The zero-order chi connectivity index (χ0) is 15.6. The summed E-state index contributed by atoms with van der Waals surface area (Å²) in [5, 5.41) is 9.38. The van der Waals surface area contributed by atoms with Crippen molar-refractivity contribution >= 4 is 23.6 Å². The Labute approximate surface area is 129 Å². The van der Waals surface area contributed by atoms with E-state index < -0.39 is 5.97 Å². The molecule has 6 heteroatoms. The fourth-order valence-corrected chi connectivity index (χ4v) is 2.58. The molecule has 0 aliphatic carbocycles. The van der Waals surface area contributed by atoms with Gasteiger partial charge in [-0.25, -0.2) is 4.79 Å². The van der Waals surface area contributed by atoms with Gasteiger partial charge >= 0.3 is 12.0 Å². The molecule has 1 fully saturated rings. The van der Waals surface area contributed by atoms with Gasteiger partial charge in [-0.1, -0.05) is 23.7 Å². The molecule has 1 unspecified atom stereocenters. The minimum Gasteiger partial charge on any atom is -0.481 e. The first kappa shape index (κ1) is 15.6. The maximum absolute atomic E-state index is 12.3. The van der Waals surface area contributed by atoms with Gasteiger partial charge in [0.2, 0.25) is 0 Å². The number of halogens is 1. The van der Waals surface area contributed by atoms with Crippen LogP contribution < -0.4 is 0 Å². The van der Waals surface area contributed by atoms with Crippen LogP contribution in [-0.4, -0.2) is 47.0 Å². The smallest absolute Gasteiger partial charge is 0.320 e. The van der Waals surface area contributed by atoms with Crippen molar-refractivity contribution in [2.75, 3.05) is 20.1 Å². The SMILES string of the molecule is CC(c1ccc(Cl)cc1)N(C)C(=O)N1CC(CC(=O)O)C1. The van der Waals surface area contributed by atoms with Crippen LogP contribution in [0.15, 0.2) is 24.3 Å². The Balaban J connectivity index is 1.91. The second kappa shape index (κ2) is 6.35. The largest absolute Gasteiger partial charge is 0.481 e. The van der Waals surface area contributed by atoms with Crippen LogP contribution in [0.1, 0.15) is 24.9 Å². The average molecular weight is 311 g/mol. The van der Waals surface area contributed by atoms with E-state index in [1.807, 2.05) is 19.1 Å². The predicted molar refractivity (Wildman–Crippen MR) is 80.3 cm³/mol. The lowest BCUT2D eigenvalue weighted by Crippen LogP contribution is -2.54. The van der Waals surface area contributed by atoms with E-state index in [2.05, 4.69) is 0 Å². The number of likely N-dealkylation sites (tertiary alicyclic amines) is 1. The van der Waals surface area contributed by atoms with Crippen LogP contribution in [0.5, 0.6) is 0 Å². The number of carbonyl (C=O) groups excluding carboxylic acids is 1. The Hall–Kier alpha value is -1.75. The third kappa shape index (κ3) is 3.67. The number of carbonyl (C=O) groups is 2. The first-order valence-electron chi connectivity index (χ1n) is 6.87. The zero-order valence-corrected chi connectivity index (χ0v) is 12.9. The van der Waals surface area contributed by atoms with Crippen molar-refractivity contribution in [3.8, 4) is 0 Å². The third-order valence-corrected chi connectivity index (χ3v) is 4.18. The number of nitrogens with zero attached hydrogens (tertiary/aromatic N) is 2. The summed E-state index contributed by atoms with van der Waals surface area (Å²) in [5.41, 5.74) is 1.01. The monoisotopic (exact) mass is 310 g/mol. The topological polar surface area (TPSA) is 60.9 Å².